The molecule has 1 aliphatic rings. The van der Waals surface area contributed by atoms with Crippen molar-refractivity contribution in [2.75, 3.05) is 13.1 Å². The van der Waals surface area contributed by atoms with Gasteiger partial charge in [-0.3, -0.25) is 19.2 Å². The number of aliphatic carboxylic acids is 1. The Balaban J connectivity index is 1.93. The van der Waals surface area contributed by atoms with Gasteiger partial charge in [0.2, 0.25) is 23.6 Å². The molecule has 1 heterocycles. The number of carbonyl (C=O) groups is 5. The molecule has 0 saturated carbocycles. The molecule has 11 nitrogen and oxygen atoms in total. The zero-order valence-corrected chi connectivity index (χ0v) is 17.0. The largest absolute Gasteiger partial charge is 0.480 e. The number of nitrogens with zero attached hydrogens (tertiary/aromatic N) is 1. The number of likely N-dealkylation sites (tertiary alicyclic amines) is 1. The van der Waals surface area contributed by atoms with Gasteiger partial charge >= 0.3 is 5.97 Å². The fraction of sp³-hybridized carbons (Fsp3) is 0.450. The Morgan fingerprint density at radius 2 is 1.81 bits per heavy atom. The van der Waals surface area contributed by atoms with E-state index in [4.69, 9.17) is 16.6 Å². The van der Waals surface area contributed by atoms with Gasteiger partial charge in [-0.2, -0.15) is 0 Å². The first kappa shape index (κ1) is 23.8. The molecular formula is C20H27N5O6. The number of nitrogens with one attached hydrogen (secondary N) is 2. The Hall–Kier alpha value is -3.47. The molecule has 3 unspecified atom stereocenters. The van der Waals surface area contributed by atoms with Crippen LogP contribution in [0.3, 0.4) is 0 Å². The Morgan fingerprint density at radius 1 is 1.13 bits per heavy atom. The average Bonchev–Trinajstić information content (AvgIpc) is 3.22. The number of nitrogens with two attached hydrogens (primary N) is 2. The van der Waals surface area contributed by atoms with Gasteiger partial charge in [-0.25, -0.2) is 4.79 Å². The molecule has 2 rings (SSSR count). The molecule has 0 bridgehead atoms. The zero-order valence-electron chi connectivity index (χ0n) is 17.0. The summed E-state index contributed by atoms with van der Waals surface area (Å²) in [4.78, 5) is 60.9. The van der Waals surface area contributed by atoms with Crippen LogP contribution in [0, 0.1) is 0 Å². The van der Waals surface area contributed by atoms with Crippen molar-refractivity contribution in [1.29, 1.82) is 0 Å². The molecule has 1 saturated heterocycles. The van der Waals surface area contributed by atoms with Crippen molar-refractivity contribution in [3.05, 3.63) is 35.9 Å². The highest BCUT2D eigenvalue weighted by atomic mass is 16.4. The number of benzene rings is 1. The molecule has 1 aromatic carbocycles. The van der Waals surface area contributed by atoms with Gasteiger partial charge in [-0.1, -0.05) is 30.3 Å². The van der Waals surface area contributed by atoms with E-state index in [1.807, 2.05) is 6.07 Å². The molecule has 0 spiro atoms. The van der Waals surface area contributed by atoms with E-state index >= 15 is 0 Å². The lowest BCUT2D eigenvalue weighted by Gasteiger charge is -2.23. The highest BCUT2D eigenvalue weighted by Gasteiger charge is 2.34. The van der Waals surface area contributed by atoms with E-state index in [0.717, 1.165) is 5.56 Å². The van der Waals surface area contributed by atoms with E-state index in [-0.39, 0.29) is 13.0 Å². The Kier molecular flexibility index (Phi) is 8.50. The maximum atomic E-state index is 12.5. The van der Waals surface area contributed by atoms with Crippen molar-refractivity contribution in [3.63, 3.8) is 0 Å². The van der Waals surface area contributed by atoms with Gasteiger partial charge in [0.25, 0.3) is 0 Å². The summed E-state index contributed by atoms with van der Waals surface area (Å²) in [6.07, 6.45) is 0.637. The van der Waals surface area contributed by atoms with Gasteiger partial charge in [0.15, 0.2) is 0 Å². The predicted octanol–water partition coefficient (Wildman–Crippen LogP) is -1.89. The molecule has 11 heteroatoms. The van der Waals surface area contributed by atoms with Crippen LogP contribution in [0.5, 0.6) is 0 Å². The fourth-order valence-electron chi connectivity index (χ4n) is 3.36. The molecule has 0 aromatic heterocycles. The topological polar surface area (TPSA) is 185 Å². The van der Waals surface area contributed by atoms with Crippen LogP contribution >= 0.6 is 0 Å². The zero-order chi connectivity index (χ0) is 23.0. The summed E-state index contributed by atoms with van der Waals surface area (Å²) in [6.45, 7) is -0.189. The lowest BCUT2D eigenvalue weighted by atomic mass is 10.1. The van der Waals surface area contributed by atoms with E-state index in [0.29, 0.717) is 12.8 Å². The van der Waals surface area contributed by atoms with E-state index in [9.17, 15) is 24.0 Å². The minimum Gasteiger partial charge on any atom is -0.480 e. The number of carboxylic acids is 1. The highest BCUT2D eigenvalue weighted by molar-refractivity contribution is 5.95. The molecule has 31 heavy (non-hydrogen) atoms. The molecule has 168 valence electrons. The van der Waals surface area contributed by atoms with Crippen molar-refractivity contribution in [3.8, 4) is 0 Å². The van der Waals surface area contributed by atoms with Gasteiger partial charge in [-0.05, 0) is 24.8 Å². The van der Waals surface area contributed by atoms with Crippen LogP contribution in [0.1, 0.15) is 24.8 Å². The van der Waals surface area contributed by atoms with Gasteiger partial charge < -0.3 is 32.1 Å². The SMILES string of the molecule is NC(=O)CC(NC(=O)C(N)Cc1ccccc1)C(=O)NCC(=O)N1CCCC1C(=O)O. The first-order chi connectivity index (χ1) is 14.7. The number of amides is 4. The summed E-state index contributed by atoms with van der Waals surface area (Å²) in [5.74, 6) is -3.94. The van der Waals surface area contributed by atoms with Crippen LogP contribution in [0.4, 0.5) is 0 Å². The molecule has 1 aromatic rings. The van der Waals surface area contributed by atoms with E-state index in [1.54, 1.807) is 24.3 Å². The monoisotopic (exact) mass is 433 g/mol. The number of carbonyl (C=O) groups excluding carboxylic acids is 4. The highest BCUT2D eigenvalue weighted by Crippen LogP contribution is 2.17. The third kappa shape index (κ3) is 7.07. The van der Waals surface area contributed by atoms with Crippen molar-refractivity contribution < 1.29 is 29.1 Å². The first-order valence-corrected chi connectivity index (χ1v) is 9.87. The molecule has 1 aliphatic heterocycles. The van der Waals surface area contributed by atoms with Crippen LogP contribution in [0.25, 0.3) is 0 Å². The molecule has 0 aliphatic carbocycles. The van der Waals surface area contributed by atoms with Crippen molar-refractivity contribution in [1.82, 2.24) is 15.5 Å². The maximum absolute atomic E-state index is 12.5. The summed E-state index contributed by atoms with van der Waals surface area (Å²) in [6, 6.07) is 5.82. The summed E-state index contributed by atoms with van der Waals surface area (Å²) in [7, 11) is 0. The Labute approximate surface area is 179 Å². The molecule has 7 N–H and O–H groups in total. The minimum absolute atomic E-state index is 0.224. The number of primary amides is 1. The van der Waals surface area contributed by atoms with Gasteiger partial charge in [0.05, 0.1) is 19.0 Å². The lowest BCUT2D eigenvalue weighted by molar-refractivity contribution is -0.148. The van der Waals surface area contributed by atoms with Crippen LogP contribution < -0.4 is 22.1 Å². The fourth-order valence-corrected chi connectivity index (χ4v) is 3.36. The number of hydrogen-bond acceptors (Lipinski definition) is 6. The van der Waals surface area contributed by atoms with E-state index in [2.05, 4.69) is 10.6 Å². The molecule has 1 fully saturated rings. The second kappa shape index (κ2) is 11.1. The second-order valence-corrected chi connectivity index (χ2v) is 7.33. The third-order valence-electron chi connectivity index (χ3n) is 4.95. The van der Waals surface area contributed by atoms with Crippen LogP contribution in [-0.2, 0) is 30.4 Å². The van der Waals surface area contributed by atoms with Crippen molar-refractivity contribution in [2.24, 2.45) is 11.5 Å². The van der Waals surface area contributed by atoms with Crippen LogP contribution in [-0.4, -0.2) is 70.8 Å². The van der Waals surface area contributed by atoms with Gasteiger partial charge in [-0.15, -0.1) is 0 Å². The molecule has 3 atom stereocenters. The number of hydrogen-bond donors (Lipinski definition) is 5. The second-order valence-electron chi connectivity index (χ2n) is 7.33. The maximum Gasteiger partial charge on any atom is 0.326 e. The molecule has 4 amide bonds. The van der Waals surface area contributed by atoms with Crippen molar-refractivity contribution in [2.45, 2.75) is 43.8 Å². The Bertz CT molecular complexity index is 831. The van der Waals surface area contributed by atoms with E-state index in [1.165, 1.54) is 4.90 Å². The summed E-state index contributed by atoms with van der Waals surface area (Å²) >= 11 is 0. The minimum atomic E-state index is -1.31. The number of rotatable bonds is 10. The first-order valence-electron chi connectivity index (χ1n) is 9.87. The van der Waals surface area contributed by atoms with Gasteiger partial charge in [0, 0.05) is 6.54 Å². The predicted molar refractivity (Wildman–Crippen MR) is 109 cm³/mol. The summed E-state index contributed by atoms with van der Waals surface area (Å²) in [5, 5.41) is 13.9. The van der Waals surface area contributed by atoms with Crippen LogP contribution in [0.15, 0.2) is 30.3 Å². The smallest absolute Gasteiger partial charge is 0.326 e. The standard InChI is InChI=1S/C20H27N5O6/c21-13(9-12-5-2-1-3-6-12)18(28)24-14(10-16(22)26)19(29)23-11-17(27)25-8-4-7-15(25)20(30)31/h1-3,5-6,13-15H,4,7-11,21H2,(H2,22,26)(H,23,29)(H,24,28)(H,30,31). The van der Waals surface area contributed by atoms with Gasteiger partial charge in [0.1, 0.15) is 12.1 Å². The van der Waals surface area contributed by atoms with E-state index < -0.39 is 60.7 Å². The third-order valence-corrected chi connectivity index (χ3v) is 4.95. The summed E-state index contributed by atoms with van der Waals surface area (Å²) in [5.41, 5.74) is 11.9. The quantitative estimate of drug-likeness (QED) is 0.285. The average molecular weight is 433 g/mol. The van der Waals surface area contributed by atoms with Crippen molar-refractivity contribution >= 4 is 29.6 Å². The Morgan fingerprint density at radius 3 is 2.42 bits per heavy atom. The molecular weight excluding hydrogens is 406 g/mol. The summed E-state index contributed by atoms with van der Waals surface area (Å²) < 4.78 is 0. The lowest BCUT2D eigenvalue weighted by Crippen LogP contribution is -2.54. The molecule has 0 radical (unpaired) electrons. The normalized spacial score (nSPS) is 17.5. The van der Waals surface area contributed by atoms with Crippen LogP contribution in [0.2, 0.25) is 0 Å². The number of carboxylic acid groups (broad SMARTS) is 1.